The van der Waals surface area contributed by atoms with Crippen LogP contribution in [0.15, 0.2) is 18.2 Å². The zero-order chi connectivity index (χ0) is 11.2. The molecule has 0 spiro atoms. The second-order valence-corrected chi connectivity index (χ2v) is 4.78. The zero-order valence-electron chi connectivity index (χ0n) is 8.93. The van der Waals surface area contributed by atoms with Gasteiger partial charge in [0.2, 0.25) is 0 Å². The van der Waals surface area contributed by atoms with Gasteiger partial charge in [0.1, 0.15) is 11.6 Å². The van der Waals surface area contributed by atoms with E-state index in [-0.39, 0.29) is 22.8 Å². The maximum atomic E-state index is 13.5. The first kappa shape index (κ1) is 10.6. The van der Waals surface area contributed by atoms with Gasteiger partial charge in [0.05, 0.1) is 0 Å². The summed E-state index contributed by atoms with van der Waals surface area (Å²) in [6.07, 6.45) is 0. The van der Waals surface area contributed by atoms with E-state index in [2.05, 4.69) is 0 Å². The lowest BCUT2D eigenvalue weighted by molar-refractivity contribution is 0.527. The summed E-state index contributed by atoms with van der Waals surface area (Å²) in [5, 5.41) is 0. The Morgan fingerprint density at radius 2 is 1.80 bits per heavy atom. The molecule has 1 saturated carbocycles. The van der Waals surface area contributed by atoms with E-state index in [9.17, 15) is 8.78 Å². The number of rotatable bonds is 2. The van der Waals surface area contributed by atoms with Gasteiger partial charge in [-0.05, 0) is 35.9 Å². The Kier molecular flexibility index (Phi) is 2.30. The number of hydrogen-bond acceptors (Lipinski definition) is 1. The molecule has 15 heavy (non-hydrogen) atoms. The van der Waals surface area contributed by atoms with Gasteiger partial charge < -0.3 is 5.73 Å². The highest BCUT2D eigenvalue weighted by Gasteiger charge is 2.58. The molecule has 0 aliphatic heterocycles. The minimum atomic E-state index is -0.455. The van der Waals surface area contributed by atoms with E-state index < -0.39 is 11.6 Å². The number of halogens is 2. The zero-order valence-corrected chi connectivity index (χ0v) is 8.93. The molecule has 1 aromatic rings. The molecule has 1 nitrogen and oxygen atoms in total. The molecule has 0 amide bonds. The van der Waals surface area contributed by atoms with Crippen molar-refractivity contribution in [3.8, 4) is 0 Å². The van der Waals surface area contributed by atoms with Crippen molar-refractivity contribution in [2.24, 2.45) is 17.1 Å². The van der Waals surface area contributed by atoms with E-state index >= 15 is 0 Å². The molecular formula is C12H15F2N. The van der Waals surface area contributed by atoms with Crippen LogP contribution in [0.5, 0.6) is 0 Å². The van der Waals surface area contributed by atoms with E-state index in [1.54, 1.807) is 0 Å². The summed E-state index contributed by atoms with van der Waals surface area (Å²) >= 11 is 0. The third-order valence-electron chi connectivity index (χ3n) is 3.62. The number of hydrogen-bond donors (Lipinski definition) is 1. The van der Waals surface area contributed by atoms with Crippen molar-refractivity contribution in [2.75, 3.05) is 6.54 Å². The van der Waals surface area contributed by atoms with Crippen LogP contribution in [-0.2, 0) is 0 Å². The second-order valence-electron chi connectivity index (χ2n) is 4.78. The monoisotopic (exact) mass is 211 g/mol. The summed E-state index contributed by atoms with van der Waals surface area (Å²) in [7, 11) is 0. The van der Waals surface area contributed by atoms with Crippen LogP contribution in [-0.4, -0.2) is 6.54 Å². The molecule has 82 valence electrons. The Bertz CT molecular complexity index is 367. The van der Waals surface area contributed by atoms with Crippen LogP contribution >= 0.6 is 0 Å². The summed E-state index contributed by atoms with van der Waals surface area (Å²) in [5.74, 6) is -0.805. The molecule has 2 N–H and O–H groups in total. The van der Waals surface area contributed by atoms with Crippen LogP contribution in [0.2, 0.25) is 0 Å². The third kappa shape index (κ3) is 1.46. The summed E-state index contributed by atoms with van der Waals surface area (Å²) in [6, 6.07) is 4.00. The second kappa shape index (κ2) is 3.27. The molecule has 2 rings (SSSR count). The topological polar surface area (TPSA) is 26.0 Å². The maximum absolute atomic E-state index is 13.5. The van der Waals surface area contributed by atoms with Crippen molar-refractivity contribution in [3.05, 3.63) is 35.4 Å². The molecule has 1 aliphatic rings. The number of nitrogens with two attached hydrogens (primary N) is 1. The fraction of sp³-hybridized carbons (Fsp3) is 0.500. The van der Waals surface area contributed by atoms with Crippen LogP contribution in [0.25, 0.3) is 0 Å². The average molecular weight is 211 g/mol. The molecule has 0 unspecified atom stereocenters. The smallest absolute Gasteiger partial charge is 0.129 e. The highest BCUT2D eigenvalue weighted by Crippen LogP contribution is 2.64. The van der Waals surface area contributed by atoms with Crippen LogP contribution in [0, 0.1) is 23.0 Å². The first-order chi connectivity index (χ1) is 7.00. The van der Waals surface area contributed by atoms with Crippen LogP contribution in [0.1, 0.15) is 25.3 Å². The van der Waals surface area contributed by atoms with Crippen molar-refractivity contribution in [3.63, 3.8) is 0 Å². The molecule has 2 atom stereocenters. The van der Waals surface area contributed by atoms with Crippen molar-refractivity contribution < 1.29 is 8.78 Å². The number of benzene rings is 1. The predicted molar refractivity (Wildman–Crippen MR) is 55.4 cm³/mol. The van der Waals surface area contributed by atoms with Gasteiger partial charge in [0.25, 0.3) is 0 Å². The minimum absolute atomic E-state index is 0.0799. The highest BCUT2D eigenvalue weighted by molar-refractivity contribution is 5.34. The van der Waals surface area contributed by atoms with Crippen LogP contribution in [0.4, 0.5) is 8.78 Å². The van der Waals surface area contributed by atoms with Gasteiger partial charge in [0.15, 0.2) is 0 Å². The van der Waals surface area contributed by atoms with Crippen molar-refractivity contribution in [1.29, 1.82) is 0 Å². The lowest BCUT2D eigenvalue weighted by Gasteiger charge is -2.05. The quantitative estimate of drug-likeness (QED) is 0.799. The van der Waals surface area contributed by atoms with Crippen LogP contribution in [0.3, 0.4) is 0 Å². The molecular weight excluding hydrogens is 196 g/mol. The Morgan fingerprint density at radius 3 is 2.20 bits per heavy atom. The Balaban J connectivity index is 2.41. The lowest BCUT2D eigenvalue weighted by Crippen LogP contribution is -2.05. The van der Waals surface area contributed by atoms with E-state index in [1.165, 1.54) is 18.2 Å². The van der Waals surface area contributed by atoms with E-state index in [0.29, 0.717) is 6.54 Å². The van der Waals surface area contributed by atoms with Gasteiger partial charge in [-0.15, -0.1) is 0 Å². The lowest BCUT2D eigenvalue weighted by atomic mass is 10.0. The van der Waals surface area contributed by atoms with Crippen molar-refractivity contribution in [1.82, 2.24) is 0 Å². The summed E-state index contributed by atoms with van der Waals surface area (Å²) in [4.78, 5) is 0. The SMILES string of the molecule is CC1(C)[C@H](CN)[C@H]1c1c(F)cccc1F. The van der Waals surface area contributed by atoms with E-state index in [0.717, 1.165) is 0 Å². The summed E-state index contributed by atoms with van der Waals surface area (Å²) < 4.78 is 27.0. The molecule has 0 radical (unpaired) electrons. The Labute approximate surface area is 88.3 Å². The van der Waals surface area contributed by atoms with Gasteiger partial charge in [-0.25, -0.2) is 8.78 Å². The average Bonchev–Trinajstić information content (AvgIpc) is 2.68. The predicted octanol–water partition coefficient (Wildman–Crippen LogP) is 2.66. The highest BCUT2D eigenvalue weighted by atomic mass is 19.1. The van der Waals surface area contributed by atoms with Crippen molar-refractivity contribution >= 4 is 0 Å². The molecule has 1 aliphatic carbocycles. The molecule has 1 aromatic carbocycles. The largest absolute Gasteiger partial charge is 0.330 e. The Hall–Kier alpha value is -0.960. The minimum Gasteiger partial charge on any atom is -0.330 e. The van der Waals surface area contributed by atoms with Gasteiger partial charge in [-0.2, -0.15) is 0 Å². The first-order valence-corrected chi connectivity index (χ1v) is 5.14. The van der Waals surface area contributed by atoms with Gasteiger partial charge >= 0.3 is 0 Å². The first-order valence-electron chi connectivity index (χ1n) is 5.14. The van der Waals surface area contributed by atoms with Crippen LogP contribution < -0.4 is 5.73 Å². The normalized spacial score (nSPS) is 27.8. The Morgan fingerprint density at radius 1 is 1.27 bits per heavy atom. The van der Waals surface area contributed by atoms with Gasteiger partial charge in [-0.1, -0.05) is 19.9 Å². The molecule has 0 heterocycles. The van der Waals surface area contributed by atoms with Gasteiger partial charge in [-0.3, -0.25) is 0 Å². The summed E-state index contributed by atoms with van der Waals surface area (Å²) in [5.41, 5.74) is 5.71. The fourth-order valence-corrected chi connectivity index (χ4v) is 2.56. The van der Waals surface area contributed by atoms with E-state index in [1.807, 2.05) is 13.8 Å². The molecule has 0 bridgehead atoms. The van der Waals surface area contributed by atoms with Gasteiger partial charge in [0, 0.05) is 5.56 Å². The van der Waals surface area contributed by atoms with E-state index in [4.69, 9.17) is 5.73 Å². The fourth-order valence-electron chi connectivity index (χ4n) is 2.56. The molecule has 1 fully saturated rings. The molecule has 0 saturated heterocycles. The molecule has 3 heteroatoms. The standard InChI is InChI=1S/C12H15F2N/c1-12(2)7(6-15)11(12)10-8(13)4-3-5-9(10)14/h3-5,7,11H,6,15H2,1-2H3/t7-,11+/m1/s1. The van der Waals surface area contributed by atoms with Crippen molar-refractivity contribution in [2.45, 2.75) is 19.8 Å². The maximum Gasteiger partial charge on any atom is 0.129 e. The molecule has 0 aromatic heterocycles. The summed E-state index contributed by atoms with van der Waals surface area (Å²) in [6.45, 7) is 4.48. The third-order valence-corrected chi connectivity index (χ3v) is 3.62.